The van der Waals surface area contributed by atoms with E-state index in [9.17, 15) is 4.79 Å². The van der Waals surface area contributed by atoms with Crippen LogP contribution < -0.4 is 14.8 Å². The number of methoxy groups -OCH3 is 1. The number of amides is 1. The molecule has 130 valence electrons. The first-order valence-corrected chi connectivity index (χ1v) is 7.97. The molecule has 1 amide bonds. The Labute approximate surface area is 145 Å². The summed E-state index contributed by atoms with van der Waals surface area (Å²) in [5.74, 6) is 1.94. The van der Waals surface area contributed by atoms with Crippen molar-refractivity contribution in [1.82, 2.24) is 20.3 Å². The number of aryl methyl sites for hydroxylation is 1. The fourth-order valence-corrected chi connectivity index (χ4v) is 2.50. The van der Waals surface area contributed by atoms with Crippen LogP contribution in [0.25, 0.3) is 11.2 Å². The molecule has 7 heteroatoms. The number of pyridine rings is 1. The minimum Gasteiger partial charge on any atom is -0.497 e. The first-order chi connectivity index (χ1) is 12.1. The lowest BCUT2D eigenvalue weighted by Gasteiger charge is -2.16. The standard InChI is InChI=1S/C18H20N4O3/c1-11(25-14-6-4-5-13(9-14)24-3)10-20-18(23)15-7-8-19-17-16(15)21-12(2)22-17/h4-9,11H,10H2,1-3H3,(H,20,23)(H,19,21,22)/t11-/m0/s1. The van der Waals surface area contributed by atoms with Gasteiger partial charge < -0.3 is 19.8 Å². The van der Waals surface area contributed by atoms with Crippen LogP contribution in [0.4, 0.5) is 0 Å². The monoisotopic (exact) mass is 340 g/mol. The summed E-state index contributed by atoms with van der Waals surface area (Å²) < 4.78 is 11.0. The predicted octanol–water partition coefficient (Wildman–Crippen LogP) is 2.47. The van der Waals surface area contributed by atoms with Crippen molar-refractivity contribution >= 4 is 17.1 Å². The molecule has 0 saturated heterocycles. The molecule has 0 fully saturated rings. The highest BCUT2D eigenvalue weighted by Crippen LogP contribution is 2.20. The number of hydrogen-bond donors (Lipinski definition) is 2. The van der Waals surface area contributed by atoms with Crippen LogP contribution in [0, 0.1) is 6.92 Å². The second kappa shape index (κ2) is 7.21. The molecule has 0 unspecified atom stereocenters. The molecular formula is C18H20N4O3. The van der Waals surface area contributed by atoms with E-state index in [0.29, 0.717) is 29.0 Å². The molecule has 3 aromatic rings. The van der Waals surface area contributed by atoms with Gasteiger partial charge in [-0.15, -0.1) is 0 Å². The summed E-state index contributed by atoms with van der Waals surface area (Å²) in [5, 5.41) is 2.88. The van der Waals surface area contributed by atoms with Crippen LogP contribution >= 0.6 is 0 Å². The molecule has 0 bridgehead atoms. The molecular weight excluding hydrogens is 320 g/mol. The Kier molecular flexibility index (Phi) is 4.83. The number of carbonyl (C=O) groups is 1. The number of rotatable bonds is 6. The van der Waals surface area contributed by atoms with E-state index in [-0.39, 0.29) is 12.0 Å². The maximum atomic E-state index is 12.5. The van der Waals surface area contributed by atoms with Gasteiger partial charge in [-0.1, -0.05) is 6.07 Å². The number of aromatic amines is 1. The molecule has 0 saturated carbocycles. The molecule has 1 aromatic carbocycles. The van der Waals surface area contributed by atoms with Gasteiger partial charge in [-0.3, -0.25) is 4.79 Å². The molecule has 25 heavy (non-hydrogen) atoms. The first kappa shape index (κ1) is 16.8. The van der Waals surface area contributed by atoms with Gasteiger partial charge in [-0.25, -0.2) is 9.97 Å². The maximum absolute atomic E-state index is 12.5. The molecule has 2 aromatic heterocycles. The highest BCUT2D eigenvalue weighted by molar-refractivity contribution is 6.03. The average Bonchev–Trinajstić information content (AvgIpc) is 2.99. The fourth-order valence-electron chi connectivity index (χ4n) is 2.50. The molecule has 0 aliphatic heterocycles. The van der Waals surface area contributed by atoms with Gasteiger partial charge in [0.15, 0.2) is 5.65 Å². The first-order valence-electron chi connectivity index (χ1n) is 7.97. The van der Waals surface area contributed by atoms with Gasteiger partial charge >= 0.3 is 0 Å². The highest BCUT2D eigenvalue weighted by atomic mass is 16.5. The van der Waals surface area contributed by atoms with Crippen LogP contribution in [0.1, 0.15) is 23.1 Å². The lowest BCUT2D eigenvalue weighted by atomic mass is 10.2. The van der Waals surface area contributed by atoms with Crippen molar-refractivity contribution in [2.24, 2.45) is 0 Å². The third-order valence-electron chi connectivity index (χ3n) is 3.68. The molecule has 0 radical (unpaired) electrons. The van der Waals surface area contributed by atoms with Crippen molar-refractivity contribution in [1.29, 1.82) is 0 Å². The van der Waals surface area contributed by atoms with E-state index in [1.54, 1.807) is 25.4 Å². The van der Waals surface area contributed by atoms with Gasteiger partial charge in [0.1, 0.15) is 23.4 Å². The van der Waals surface area contributed by atoms with Crippen LogP contribution in [0.3, 0.4) is 0 Å². The predicted molar refractivity (Wildman–Crippen MR) is 94.0 cm³/mol. The molecule has 2 heterocycles. The average molecular weight is 340 g/mol. The van der Waals surface area contributed by atoms with E-state index in [0.717, 1.165) is 11.6 Å². The van der Waals surface area contributed by atoms with Gasteiger partial charge in [0.05, 0.1) is 24.7 Å². The van der Waals surface area contributed by atoms with E-state index in [2.05, 4.69) is 20.3 Å². The summed E-state index contributed by atoms with van der Waals surface area (Å²) in [7, 11) is 1.61. The molecule has 1 atom stereocenters. The second-order valence-corrected chi connectivity index (χ2v) is 5.70. The third-order valence-corrected chi connectivity index (χ3v) is 3.68. The highest BCUT2D eigenvalue weighted by Gasteiger charge is 2.14. The van der Waals surface area contributed by atoms with Gasteiger partial charge in [0, 0.05) is 12.3 Å². The van der Waals surface area contributed by atoms with Crippen molar-refractivity contribution in [2.75, 3.05) is 13.7 Å². The van der Waals surface area contributed by atoms with E-state index in [1.807, 2.05) is 32.0 Å². The summed E-state index contributed by atoms with van der Waals surface area (Å²) >= 11 is 0. The van der Waals surface area contributed by atoms with Crippen LogP contribution in [0.15, 0.2) is 36.5 Å². The summed E-state index contributed by atoms with van der Waals surface area (Å²) in [6, 6.07) is 9.02. The number of hydrogen-bond acceptors (Lipinski definition) is 5. The molecule has 0 aliphatic rings. The maximum Gasteiger partial charge on any atom is 0.253 e. The van der Waals surface area contributed by atoms with Crippen LogP contribution in [0.5, 0.6) is 11.5 Å². The van der Waals surface area contributed by atoms with Crippen molar-refractivity contribution in [2.45, 2.75) is 20.0 Å². The van der Waals surface area contributed by atoms with E-state index in [4.69, 9.17) is 9.47 Å². The summed E-state index contributed by atoms with van der Waals surface area (Å²) in [6.07, 6.45) is 1.38. The Morgan fingerprint density at radius 3 is 2.92 bits per heavy atom. The summed E-state index contributed by atoms with van der Waals surface area (Å²) in [4.78, 5) is 23.9. The fraction of sp³-hybridized carbons (Fsp3) is 0.278. The number of carbonyl (C=O) groups excluding carboxylic acids is 1. The van der Waals surface area contributed by atoms with Crippen LogP contribution in [-0.2, 0) is 0 Å². The van der Waals surface area contributed by atoms with Crippen molar-refractivity contribution in [3.8, 4) is 11.5 Å². The van der Waals surface area contributed by atoms with E-state index in [1.165, 1.54) is 0 Å². The van der Waals surface area contributed by atoms with Crippen molar-refractivity contribution < 1.29 is 14.3 Å². The summed E-state index contributed by atoms with van der Waals surface area (Å²) in [5.41, 5.74) is 1.68. The molecule has 2 N–H and O–H groups in total. The molecule has 0 spiro atoms. The van der Waals surface area contributed by atoms with Crippen molar-refractivity contribution in [3.63, 3.8) is 0 Å². The number of nitrogens with zero attached hydrogens (tertiary/aromatic N) is 2. The van der Waals surface area contributed by atoms with Gasteiger partial charge in [-0.05, 0) is 32.0 Å². The zero-order valence-corrected chi connectivity index (χ0v) is 14.4. The third kappa shape index (κ3) is 3.88. The molecule has 0 aliphatic carbocycles. The van der Waals surface area contributed by atoms with Crippen molar-refractivity contribution in [3.05, 3.63) is 47.9 Å². The smallest absolute Gasteiger partial charge is 0.253 e. The number of benzene rings is 1. The van der Waals surface area contributed by atoms with Crippen LogP contribution in [-0.4, -0.2) is 40.6 Å². The number of ether oxygens (including phenoxy) is 2. The minimum atomic E-state index is -0.197. The topological polar surface area (TPSA) is 89.1 Å². The lowest BCUT2D eigenvalue weighted by Crippen LogP contribution is -2.33. The number of nitrogens with one attached hydrogen (secondary N) is 2. The van der Waals surface area contributed by atoms with Crippen LogP contribution in [0.2, 0.25) is 0 Å². The Hall–Kier alpha value is -3.09. The zero-order chi connectivity index (χ0) is 17.8. The van der Waals surface area contributed by atoms with Gasteiger partial charge in [0.2, 0.25) is 0 Å². The lowest BCUT2D eigenvalue weighted by molar-refractivity contribution is 0.0933. The SMILES string of the molecule is COc1cccc(O[C@@H](C)CNC(=O)c2ccnc3nc(C)[nH]c23)c1. The Balaban J connectivity index is 1.63. The largest absolute Gasteiger partial charge is 0.497 e. The minimum absolute atomic E-state index is 0.197. The normalized spacial score (nSPS) is 12.0. The number of imidazole rings is 1. The van der Waals surface area contributed by atoms with Gasteiger partial charge in [-0.2, -0.15) is 0 Å². The molecule has 3 rings (SSSR count). The zero-order valence-electron chi connectivity index (χ0n) is 14.4. The second-order valence-electron chi connectivity index (χ2n) is 5.70. The number of H-pyrrole nitrogens is 1. The van der Waals surface area contributed by atoms with Gasteiger partial charge in [0.25, 0.3) is 5.91 Å². The number of aromatic nitrogens is 3. The number of fused-ring (bicyclic) bond motifs is 1. The Morgan fingerprint density at radius 1 is 1.32 bits per heavy atom. The Morgan fingerprint density at radius 2 is 2.12 bits per heavy atom. The molecule has 7 nitrogen and oxygen atoms in total. The Bertz CT molecular complexity index is 891. The van der Waals surface area contributed by atoms with E-state index < -0.39 is 0 Å². The van der Waals surface area contributed by atoms with E-state index >= 15 is 0 Å². The quantitative estimate of drug-likeness (QED) is 0.719. The summed E-state index contributed by atoms with van der Waals surface area (Å²) in [6.45, 7) is 4.09.